The molecule has 0 spiro atoms. The lowest BCUT2D eigenvalue weighted by Crippen LogP contribution is -2.31. The fraction of sp³-hybridized carbons (Fsp3) is 0.667. The minimum atomic E-state index is -0.596. The van der Waals surface area contributed by atoms with E-state index in [4.69, 9.17) is 4.74 Å². The van der Waals surface area contributed by atoms with E-state index in [1.54, 1.807) is 20.8 Å². The molecule has 0 aromatic carbocycles. The van der Waals surface area contributed by atoms with Crippen LogP contribution in [-0.2, 0) is 19.1 Å². The highest BCUT2D eigenvalue weighted by Crippen LogP contribution is 2.07. The predicted octanol–water partition coefficient (Wildman–Crippen LogP) is 0.0333. The molecule has 0 rings (SSSR count). The standard InChI is InChI=1S/C9H15NO4/c1-9(2,3)14-8(13)6-7(12)10-4-5-11/h5H,4,6H2,1-3H3,(H,10,12). The molecule has 5 heteroatoms. The Labute approximate surface area is 82.8 Å². The van der Waals surface area contributed by atoms with Gasteiger partial charge < -0.3 is 14.8 Å². The van der Waals surface area contributed by atoms with Gasteiger partial charge in [0, 0.05) is 0 Å². The predicted molar refractivity (Wildman–Crippen MR) is 49.5 cm³/mol. The van der Waals surface area contributed by atoms with Gasteiger partial charge in [-0.2, -0.15) is 0 Å². The highest BCUT2D eigenvalue weighted by atomic mass is 16.6. The summed E-state index contributed by atoms with van der Waals surface area (Å²) in [6.07, 6.45) is 0.193. The summed E-state index contributed by atoms with van der Waals surface area (Å²) in [6, 6.07) is 0. The Bertz CT molecular complexity index is 229. The van der Waals surface area contributed by atoms with Crippen LogP contribution in [0.1, 0.15) is 27.2 Å². The molecule has 0 fully saturated rings. The van der Waals surface area contributed by atoms with Crippen LogP contribution in [0.2, 0.25) is 0 Å². The van der Waals surface area contributed by atoms with E-state index in [9.17, 15) is 14.4 Å². The van der Waals surface area contributed by atoms with Gasteiger partial charge in [-0.1, -0.05) is 0 Å². The fourth-order valence-electron chi connectivity index (χ4n) is 0.727. The first-order valence-electron chi connectivity index (χ1n) is 4.27. The van der Waals surface area contributed by atoms with E-state index in [1.165, 1.54) is 0 Å². The summed E-state index contributed by atoms with van der Waals surface area (Å²) in [7, 11) is 0. The smallest absolute Gasteiger partial charge is 0.315 e. The Hall–Kier alpha value is -1.39. The Morgan fingerprint density at radius 1 is 1.36 bits per heavy atom. The second-order valence-electron chi connectivity index (χ2n) is 3.73. The minimum absolute atomic E-state index is 0.0817. The Kier molecular flexibility index (Phi) is 4.83. The monoisotopic (exact) mass is 201 g/mol. The molecule has 0 aliphatic rings. The van der Waals surface area contributed by atoms with Gasteiger partial charge in [-0.3, -0.25) is 9.59 Å². The Morgan fingerprint density at radius 3 is 2.36 bits per heavy atom. The van der Waals surface area contributed by atoms with Gasteiger partial charge in [0.25, 0.3) is 0 Å². The SMILES string of the molecule is CC(C)(C)OC(=O)CC(=O)NCC=O. The molecule has 0 radical (unpaired) electrons. The summed E-state index contributed by atoms with van der Waals surface area (Å²) < 4.78 is 4.90. The zero-order valence-corrected chi connectivity index (χ0v) is 8.62. The van der Waals surface area contributed by atoms with Crippen molar-refractivity contribution < 1.29 is 19.1 Å². The van der Waals surface area contributed by atoms with Crippen molar-refractivity contribution in [2.45, 2.75) is 32.8 Å². The van der Waals surface area contributed by atoms with Crippen LogP contribution in [0, 0.1) is 0 Å². The first-order valence-corrected chi connectivity index (χ1v) is 4.27. The normalized spacial score (nSPS) is 10.5. The molecule has 80 valence electrons. The maximum Gasteiger partial charge on any atom is 0.315 e. The highest BCUT2D eigenvalue weighted by Gasteiger charge is 2.18. The lowest BCUT2D eigenvalue weighted by molar-refractivity contribution is -0.156. The van der Waals surface area contributed by atoms with Crippen molar-refractivity contribution in [1.29, 1.82) is 0 Å². The molecule has 0 saturated heterocycles. The van der Waals surface area contributed by atoms with Crippen LogP contribution < -0.4 is 5.32 Å². The van der Waals surface area contributed by atoms with Gasteiger partial charge in [0.2, 0.25) is 5.91 Å². The summed E-state index contributed by atoms with van der Waals surface area (Å²) in [6.45, 7) is 5.07. The van der Waals surface area contributed by atoms with Gasteiger partial charge in [-0.05, 0) is 20.8 Å². The van der Waals surface area contributed by atoms with Gasteiger partial charge in [0.15, 0.2) is 0 Å². The van der Waals surface area contributed by atoms with E-state index in [-0.39, 0.29) is 13.0 Å². The van der Waals surface area contributed by atoms with E-state index in [0.717, 1.165) is 0 Å². The van der Waals surface area contributed by atoms with Gasteiger partial charge in [-0.25, -0.2) is 0 Å². The Balaban J connectivity index is 3.83. The molecule has 0 saturated carbocycles. The molecular weight excluding hydrogens is 186 g/mol. The number of hydrogen-bond acceptors (Lipinski definition) is 4. The quantitative estimate of drug-likeness (QED) is 0.396. The maximum atomic E-state index is 11.1. The third-order valence-electron chi connectivity index (χ3n) is 1.11. The van der Waals surface area contributed by atoms with Gasteiger partial charge in [0.05, 0.1) is 6.54 Å². The summed E-state index contributed by atoms with van der Waals surface area (Å²) in [4.78, 5) is 31.9. The summed E-state index contributed by atoms with van der Waals surface area (Å²) in [5.74, 6) is -1.10. The maximum absolute atomic E-state index is 11.1. The number of ether oxygens (including phenoxy) is 1. The van der Waals surface area contributed by atoms with Gasteiger partial charge >= 0.3 is 5.97 Å². The summed E-state index contributed by atoms with van der Waals surface area (Å²) in [5.41, 5.74) is -0.595. The van der Waals surface area contributed by atoms with Crippen molar-refractivity contribution in [1.82, 2.24) is 5.32 Å². The topological polar surface area (TPSA) is 72.5 Å². The van der Waals surface area contributed by atoms with Crippen LogP contribution in [-0.4, -0.2) is 30.3 Å². The van der Waals surface area contributed by atoms with Crippen LogP contribution in [0.3, 0.4) is 0 Å². The summed E-state index contributed by atoms with van der Waals surface area (Å²) in [5, 5.41) is 2.24. The minimum Gasteiger partial charge on any atom is -0.460 e. The first kappa shape index (κ1) is 12.6. The van der Waals surface area contributed by atoms with E-state index in [2.05, 4.69) is 5.32 Å². The van der Waals surface area contributed by atoms with Crippen LogP contribution in [0.25, 0.3) is 0 Å². The van der Waals surface area contributed by atoms with Crippen LogP contribution in [0.4, 0.5) is 0 Å². The van der Waals surface area contributed by atoms with E-state index in [1.807, 2.05) is 0 Å². The third-order valence-corrected chi connectivity index (χ3v) is 1.11. The first-order chi connectivity index (χ1) is 6.35. The number of carbonyl (C=O) groups excluding carboxylic acids is 3. The molecule has 14 heavy (non-hydrogen) atoms. The van der Waals surface area contributed by atoms with Crippen molar-refractivity contribution in [2.75, 3.05) is 6.54 Å². The number of rotatable bonds is 4. The molecule has 0 atom stereocenters. The Morgan fingerprint density at radius 2 is 1.93 bits per heavy atom. The van der Waals surface area contributed by atoms with Gasteiger partial charge in [0.1, 0.15) is 18.3 Å². The number of aldehydes is 1. The number of nitrogens with one attached hydrogen (secondary N) is 1. The van der Waals surface area contributed by atoms with Crippen LogP contribution in [0.5, 0.6) is 0 Å². The molecule has 0 aromatic heterocycles. The third kappa shape index (κ3) is 7.27. The fourth-order valence-corrected chi connectivity index (χ4v) is 0.727. The van der Waals surface area contributed by atoms with Crippen molar-refractivity contribution in [3.05, 3.63) is 0 Å². The molecule has 0 aliphatic carbocycles. The molecule has 1 amide bonds. The molecule has 0 aromatic rings. The number of amides is 1. The highest BCUT2D eigenvalue weighted by molar-refractivity contribution is 5.94. The average Bonchev–Trinajstić information content (AvgIpc) is 1.96. The molecular formula is C9H15NO4. The molecule has 1 N–H and O–H groups in total. The zero-order chi connectivity index (χ0) is 11.2. The van der Waals surface area contributed by atoms with E-state index < -0.39 is 17.5 Å². The van der Waals surface area contributed by atoms with E-state index >= 15 is 0 Å². The zero-order valence-electron chi connectivity index (χ0n) is 8.62. The van der Waals surface area contributed by atoms with Crippen LogP contribution in [0.15, 0.2) is 0 Å². The molecule has 0 aliphatic heterocycles. The summed E-state index contributed by atoms with van der Waals surface area (Å²) >= 11 is 0. The lowest BCUT2D eigenvalue weighted by atomic mass is 10.2. The largest absolute Gasteiger partial charge is 0.460 e. The van der Waals surface area contributed by atoms with Crippen molar-refractivity contribution in [3.63, 3.8) is 0 Å². The van der Waals surface area contributed by atoms with Crippen molar-refractivity contribution in [3.8, 4) is 0 Å². The second kappa shape index (κ2) is 5.36. The molecule has 0 bridgehead atoms. The number of carbonyl (C=O) groups is 3. The molecule has 0 heterocycles. The van der Waals surface area contributed by atoms with E-state index in [0.29, 0.717) is 6.29 Å². The lowest BCUT2D eigenvalue weighted by Gasteiger charge is -2.19. The van der Waals surface area contributed by atoms with Crippen LogP contribution >= 0.6 is 0 Å². The average molecular weight is 201 g/mol. The van der Waals surface area contributed by atoms with Gasteiger partial charge in [-0.15, -0.1) is 0 Å². The molecule has 0 unspecified atom stereocenters. The number of hydrogen-bond donors (Lipinski definition) is 1. The second-order valence-corrected chi connectivity index (χ2v) is 3.73. The number of esters is 1. The molecule has 5 nitrogen and oxygen atoms in total. The van der Waals surface area contributed by atoms with Crippen molar-refractivity contribution >= 4 is 18.2 Å². The van der Waals surface area contributed by atoms with Crippen molar-refractivity contribution in [2.24, 2.45) is 0 Å².